The van der Waals surface area contributed by atoms with E-state index in [1.165, 1.54) is 12.4 Å². The van der Waals surface area contributed by atoms with Gasteiger partial charge in [0.15, 0.2) is 0 Å². The number of amides is 1. The summed E-state index contributed by atoms with van der Waals surface area (Å²) in [7, 11) is 0. The summed E-state index contributed by atoms with van der Waals surface area (Å²) in [4.78, 5) is 19.8. The third-order valence-electron chi connectivity index (χ3n) is 3.26. The molecule has 1 fully saturated rings. The topological polar surface area (TPSA) is 73.3 Å². The maximum Gasteiger partial charge on any atom is 0.407 e. The van der Waals surface area contributed by atoms with Gasteiger partial charge >= 0.3 is 12.1 Å². The predicted molar refractivity (Wildman–Crippen MR) is 83.1 cm³/mol. The van der Waals surface area contributed by atoms with Crippen LogP contribution in [0, 0.1) is 0 Å². The van der Waals surface area contributed by atoms with E-state index in [-0.39, 0.29) is 18.2 Å². The molecule has 7 heteroatoms. The lowest BCUT2D eigenvalue weighted by atomic mass is 9.93. The van der Waals surface area contributed by atoms with E-state index in [4.69, 9.17) is 21.1 Å². The van der Waals surface area contributed by atoms with Crippen LogP contribution in [0.3, 0.4) is 0 Å². The average molecular weight is 328 g/mol. The summed E-state index contributed by atoms with van der Waals surface area (Å²) in [5, 5.41) is 3.39. The first-order chi connectivity index (χ1) is 10.3. The number of hydrogen-bond donors (Lipinski definition) is 1. The van der Waals surface area contributed by atoms with Gasteiger partial charge in [-0.15, -0.1) is 0 Å². The maximum atomic E-state index is 11.7. The van der Waals surface area contributed by atoms with Crippen molar-refractivity contribution in [2.75, 3.05) is 0 Å². The van der Waals surface area contributed by atoms with Crippen molar-refractivity contribution in [1.29, 1.82) is 0 Å². The van der Waals surface area contributed by atoms with Gasteiger partial charge in [-0.05, 0) is 46.5 Å². The normalized spacial score (nSPS) is 22.0. The lowest BCUT2D eigenvalue weighted by Gasteiger charge is -2.29. The minimum Gasteiger partial charge on any atom is -0.460 e. The number of alkyl carbamates (subject to hydrolysis) is 1. The molecule has 2 rings (SSSR count). The molecule has 122 valence electrons. The number of ether oxygens (including phenoxy) is 2. The monoisotopic (exact) mass is 327 g/mol. The highest BCUT2D eigenvalue weighted by Gasteiger charge is 2.26. The lowest BCUT2D eigenvalue weighted by Crippen LogP contribution is -2.42. The van der Waals surface area contributed by atoms with Gasteiger partial charge in [0.2, 0.25) is 0 Å². The summed E-state index contributed by atoms with van der Waals surface area (Å²) < 4.78 is 11.0. The molecule has 0 aliphatic heterocycles. The van der Waals surface area contributed by atoms with E-state index in [0.29, 0.717) is 11.0 Å². The fourth-order valence-electron chi connectivity index (χ4n) is 2.31. The molecule has 1 amide bonds. The molecule has 0 saturated heterocycles. The highest BCUT2D eigenvalue weighted by atomic mass is 35.5. The van der Waals surface area contributed by atoms with E-state index in [1.807, 2.05) is 20.8 Å². The number of hydrogen-bond acceptors (Lipinski definition) is 5. The molecule has 1 saturated carbocycles. The number of aromatic nitrogens is 2. The Morgan fingerprint density at radius 1 is 1.23 bits per heavy atom. The number of carbonyl (C=O) groups excluding carboxylic acids is 1. The molecule has 1 aliphatic carbocycles. The summed E-state index contributed by atoms with van der Waals surface area (Å²) >= 11 is 5.74. The van der Waals surface area contributed by atoms with Crippen LogP contribution in [-0.4, -0.2) is 33.8 Å². The van der Waals surface area contributed by atoms with Crippen molar-refractivity contribution < 1.29 is 14.3 Å². The summed E-state index contributed by atoms with van der Waals surface area (Å²) in [6.07, 6.45) is 6.10. The molecule has 6 nitrogen and oxygen atoms in total. The number of nitrogens with zero attached hydrogens (tertiary/aromatic N) is 2. The fourth-order valence-corrected chi connectivity index (χ4v) is 2.41. The number of halogens is 1. The van der Waals surface area contributed by atoms with E-state index in [0.717, 1.165) is 25.7 Å². The SMILES string of the molecule is CC(C)(C)OC(=O)NC1CCC(Oc2ncc(Cl)cn2)CC1. The molecular formula is C15H22ClN3O3. The first kappa shape index (κ1) is 16.8. The van der Waals surface area contributed by atoms with Gasteiger partial charge in [-0.2, -0.15) is 0 Å². The van der Waals surface area contributed by atoms with Crippen LogP contribution in [0.1, 0.15) is 46.5 Å². The molecule has 0 unspecified atom stereocenters. The van der Waals surface area contributed by atoms with Gasteiger partial charge in [0.05, 0.1) is 17.4 Å². The Hall–Kier alpha value is -1.56. The van der Waals surface area contributed by atoms with Crippen LogP contribution in [0.5, 0.6) is 6.01 Å². The molecule has 0 radical (unpaired) electrons. The molecule has 1 aromatic heterocycles. The molecule has 0 bridgehead atoms. The van der Waals surface area contributed by atoms with Crippen LogP contribution in [-0.2, 0) is 4.74 Å². The predicted octanol–water partition coefficient (Wildman–Crippen LogP) is 3.34. The van der Waals surface area contributed by atoms with Gasteiger partial charge in [0.1, 0.15) is 11.7 Å². The van der Waals surface area contributed by atoms with Gasteiger partial charge in [-0.25, -0.2) is 14.8 Å². The second kappa shape index (κ2) is 7.13. The van der Waals surface area contributed by atoms with Crippen molar-refractivity contribution in [3.8, 4) is 6.01 Å². The molecular weight excluding hydrogens is 306 g/mol. The zero-order valence-electron chi connectivity index (χ0n) is 13.1. The zero-order chi connectivity index (χ0) is 16.2. The van der Waals surface area contributed by atoms with Gasteiger partial charge in [0, 0.05) is 6.04 Å². The highest BCUT2D eigenvalue weighted by molar-refractivity contribution is 6.30. The lowest BCUT2D eigenvalue weighted by molar-refractivity contribution is 0.0467. The minimum absolute atomic E-state index is 0.0675. The summed E-state index contributed by atoms with van der Waals surface area (Å²) in [5.74, 6) is 0. The summed E-state index contributed by atoms with van der Waals surface area (Å²) in [6.45, 7) is 5.55. The molecule has 1 aliphatic rings. The first-order valence-electron chi connectivity index (χ1n) is 7.45. The fraction of sp³-hybridized carbons (Fsp3) is 0.667. The van der Waals surface area contributed by atoms with Gasteiger partial charge < -0.3 is 14.8 Å². The Morgan fingerprint density at radius 3 is 2.36 bits per heavy atom. The van der Waals surface area contributed by atoms with E-state index in [9.17, 15) is 4.79 Å². The molecule has 1 heterocycles. The summed E-state index contributed by atoms with van der Waals surface area (Å²) in [6, 6.07) is 0.466. The summed E-state index contributed by atoms with van der Waals surface area (Å²) in [5.41, 5.74) is -0.476. The molecule has 0 atom stereocenters. The minimum atomic E-state index is -0.476. The van der Waals surface area contributed by atoms with Crippen LogP contribution in [0.4, 0.5) is 4.79 Å². The Bertz CT molecular complexity index is 494. The standard InChI is InChI=1S/C15H22ClN3O3/c1-15(2,3)22-14(20)19-11-4-6-12(7-5-11)21-13-17-8-10(16)9-18-13/h8-9,11-12H,4-7H2,1-3H3,(H,19,20). The Morgan fingerprint density at radius 2 is 1.82 bits per heavy atom. The Labute approximate surface area is 135 Å². The quantitative estimate of drug-likeness (QED) is 0.921. The number of carbonyl (C=O) groups is 1. The van der Waals surface area contributed by atoms with Gasteiger partial charge in [0.25, 0.3) is 0 Å². The second-order valence-corrected chi connectivity index (χ2v) is 6.86. The molecule has 0 aromatic carbocycles. The van der Waals surface area contributed by atoms with Crippen LogP contribution < -0.4 is 10.1 Å². The van der Waals surface area contributed by atoms with Crippen molar-refractivity contribution in [3.05, 3.63) is 17.4 Å². The van der Waals surface area contributed by atoms with Crippen LogP contribution in [0.25, 0.3) is 0 Å². The molecule has 1 N–H and O–H groups in total. The highest BCUT2D eigenvalue weighted by Crippen LogP contribution is 2.22. The van der Waals surface area contributed by atoms with E-state index in [1.54, 1.807) is 0 Å². The van der Waals surface area contributed by atoms with E-state index < -0.39 is 5.60 Å². The molecule has 22 heavy (non-hydrogen) atoms. The van der Waals surface area contributed by atoms with Crippen molar-refractivity contribution >= 4 is 17.7 Å². The van der Waals surface area contributed by atoms with Gasteiger partial charge in [-0.3, -0.25) is 0 Å². The van der Waals surface area contributed by atoms with Crippen molar-refractivity contribution in [2.24, 2.45) is 0 Å². The molecule has 0 spiro atoms. The third kappa shape index (κ3) is 5.67. The Balaban J connectivity index is 1.73. The molecule has 1 aromatic rings. The maximum absolute atomic E-state index is 11.7. The zero-order valence-corrected chi connectivity index (χ0v) is 13.9. The first-order valence-corrected chi connectivity index (χ1v) is 7.83. The Kier molecular flexibility index (Phi) is 5.45. The number of nitrogens with one attached hydrogen (secondary N) is 1. The number of rotatable bonds is 3. The van der Waals surface area contributed by atoms with Crippen LogP contribution in [0.2, 0.25) is 5.02 Å². The van der Waals surface area contributed by atoms with Crippen molar-refractivity contribution in [3.63, 3.8) is 0 Å². The smallest absolute Gasteiger partial charge is 0.407 e. The van der Waals surface area contributed by atoms with Crippen LogP contribution >= 0.6 is 11.6 Å². The van der Waals surface area contributed by atoms with Crippen molar-refractivity contribution in [2.45, 2.75) is 64.2 Å². The van der Waals surface area contributed by atoms with Gasteiger partial charge in [-0.1, -0.05) is 11.6 Å². The largest absolute Gasteiger partial charge is 0.460 e. The van der Waals surface area contributed by atoms with E-state index in [2.05, 4.69) is 15.3 Å². The second-order valence-electron chi connectivity index (χ2n) is 6.42. The van der Waals surface area contributed by atoms with E-state index >= 15 is 0 Å². The average Bonchev–Trinajstić information content (AvgIpc) is 2.41. The third-order valence-corrected chi connectivity index (χ3v) is 3.46. The van der Waals surface area contributed by atoms with Crippen LogP contribution in [0.15, 0.2) is 12.4 Å². The van der Waals surface area contributed by atoms with Crippen molar-refractivity contribution in [1.82, 2.24) is 15.3 Å².